The standard InChI is InChI=1S/C20H19BrF3NO4/c1-11(14-5-4-13(21)10-16(14)29-20(22,23)24)25-18(26)12-3-6-15-17(9-12)28-8-7-19(15,2)27/h3-6,9-11,27H,7-8H2,1-2H3,(H,25,26)/t11-,19?/m0/s1. The third kappa shape index (κ3) is 5.02. The maximum Gasteiger partial charge on any atom is 0.573 e. The van der Waals surface area contributed by atoms with Crippen molar-refractivity contribution in [2.75, 3.05) is 6.61 Å². The van der Waals surface area contributed by atoms with Gasteiger partial charge in [0.1, 0.15) is 11.5 Å². The third-order valence-electron chi connectivity index (χ3n) is 4.69. The van der Waals surface area contributed by atoms with Crippen molar-refractivity contribution in [1.29, 1.82) is 0 Å². The molecule has 2 N–H and O–H groups in total. The molecule has 0 saturated carbocycles. The van der Waals surface area contributed by atoms with Crippen LogP contribution < -0.4 is 14.8 Å². The number of aliphatic hydroxyl groups is 1. The molecule has 1 aliphatic heterocycles. The summed E-state index contributed by atoms with van der Waals surface area (Å²) in [6, 6.07) is 8.12. The quantitative estimate of drug-likeness (QED) is 0.667. The van der Waals surface area contributed by atoms with Crippen molar-refractivity contribution in [2.45, 2.75) is 38.3 Å². The molecule has 0 aromatic heterocycles. The summed E-state index contributed by atoms with van der Waals surface area (Å²) in [7, 11) is 0. The maximum absolute atomic E-state index is 12.7. The normalized spacial score (nSPS) is 19.7. The number of ether oxygens (including phenoxy) is 2. The molecule has 9 heteroatoms. The molecule has 29 heavy (non-hydrogen) atoms. The van der Waals surface area contributed by atoms with Crippen molar-refractivity contribution in [2.24, 2.45) is 0 Å². The molecule has 0 radical (unpaired) electrons. The molecule has 0 spiro atoms. The summed E-state index contributed by atoms with van der Waals surface area (Å²) in [5.41, 5.74) is -0.0150. The van der Waals surface area contributed by atoms with E-state index in [-0.39, 0.29) is 11.1 Å². The summed E-state index contributed by atoms with van der Waals surface area (Å²) in [5, 5.41) is 13.1. The number of fused-ring (bicyclic) bond motifs is 1. The highest BCUT2D eigenvalue weighted by Gasteiger charge is 2.33. The Bertz CT molecular complexity index is 930. The Morgan fingerprint density at radius 2 is 2.03 bits per heavy atom. The molecule has 0 saturated heterocycles. The average Bonchev–Trinajstić information content (AvgIpc) is 2.59. The molecule has 3 rings (SSSR count). The Morgan fingerprint density at radius 1 is 1.31 bits per heavy atom. The topological polar surface area (TPSA) is 67.8 Å². The third-order valence-corrected chi connectivity index (χ3v) is 5.18. The Kier molecular flexibility index (Phi) is 5.82. The SMILES string of the molecule is C[C@H](NC(=O)c1ccc2c(c1)OCCC2(C)O)c1ccc(Br)cc1OC(F)(F)F. The predicted molar refractivity (Wildman–Crippen MR) is 103 cm³/mol. The number of hydrogen-bond donors (Lipinski definition) is 2. The van der Waals surface area contributed by atoms with Crippen molar-refractivity contribution in [3.05, 3.63) is 57.6 Å². The molecule has 0 bridgehead atoms. The molecule has 1 unspecified atom stereocenters. The van der Waals surface area contributed by atoms with E-state index in [0.29, 0.717) is 28.8 Å². The lowest BCUT2D eigenvalue weighted by molar-refractivity contribution is -0.275. The van der Waals surface area contributed by atoms with Gasteiger partial charge in [0, 0.05) is 27.6 Å². The molecule has 2 aromatic carbocycles. The monoisotopic (exact) mass is 473 g/mol. The molecule has 1 amide bonds. The second-order valence-electron chi connectivity index (χ2n) is 7.01. The van der Waals surface area contributed by atoms with E-state index in [1.165, 1.54) is 18.2 Å². The van der Waals surface area contributed by atoms with E-state index in [2.05, 4.69) is 26.0 Å². The molecule has 1 aliphatic rings. The van der Waals surface area contributed by atoms with Crippen LogP contribution in [0.1, 0.15) is 47.8 Å². The van der Waals surface area contributed by atoms with Crippen molar-refractivity contribution < 1.29 is 32.5 Å². The van der Waals surface area contributed by atoms with E-state index >= 15 is 0 Å². The molecular formula is C20H19BrF3NO4. The number of rotatable bonds is 4. The van der Waals surface area contributed by atoms with Gasteiger partial charge in [-0.25, -0.2) is 0 Å². The lowest BCUT2D eigenvalue weighted by atomic mass is 9.89. The van der Waals surface area contributed by atoms with Gasteiger partial charge in [-0.2, -0.15) is 0 Å². The molecular weight excluding hydrogens is 455 g/mol. The largest absolute Gasteiger partial charge is 0.573 e. The molecule has 2 atom stereocenters. The van der Waals surface area contributed by atoms with Crippen LogP contribution in [0.15, 0.2) is 40.9 Å². The smallest absolute Gasteiger partial charge is 0.493 e. The molecule has 5 nitrogen and oxygen atoms in total. The Morgan fingerprint density at radius 3 is 2.72 bits per heavy atom. The fourth-order valence-electron chi connectivity index (χ4n) is 3.16. The summed E-state index contributed by atoms with van der Waals surface area (Å²) in [6.45, 7) is 3.55. The van der Waals surface area contributed by atoms with Gasteiger partial charge < -0.3 is 19.9 Å². The lowest BCUT2D eigenvalue weighted by Gasteiger charge is -2.31. The van der Waals surface area contributed by atoms with Crippen LogP contribution in [0.2, 0.25) is 0 Å². The number of carbonyl (C=O) groups is 1. The van der Waals surface area contributed by atoms with Crippen molar-refractivity contribution in [3.63, 3.8) is 0 Å². The highest BCUT2D eigenvalue weighted by atomic mass is 79.9. The molecule has 156 valence electrons. The van der Waals surface area contributed by atoms with Crippen LogP contribution in [-0.2, 0) is 5.60 Å². The summed E-state index contributed by atoms with van der Waals surface area (Å²) >= 11 is 3.12. The second kappa shape index (κ2) is 7.87. The first-order valence-corrected chi connectivity index (χ1v) is 9.61. The highest BCUT2D eigenvalue weighted by molar-refractivity contribution is 9.10. The van der Waals surface area contributed by atoms with Crippen LogP contribution >= 0.6 is 15.9 Å². The van der Waals surface area contributed by atoms with E-state index < -0.39 is 29.7 Å². The summed E-state index contributed by atoms with van der Waals surface area (Å²) in [4.78, 5) is 12.6. The number of benzene rings is 2. The van der Waals surface area contributed by atoms with E-state index in [4.69, 9.17) is 4.74 Å². The van der Waals surface area contributed by atoms with Gasteiger partial charge in [0.25, 0.3) is 5.91 Å². The Balaban J connectivity index is 1.81. The van der Waals surface area contributed by atoms with Gasteiger partial charge in [0.2, 0.25) is 0 Å². The predicted octanol–water partition coefficient (Wildman–Crippen LogP) is 4.83. The average molecular weight is 474 g/mol. The zero-order chi connectivity index (χ0) is 21.4. The minimum atomic E-state index is -4.86. The highest BCUT2D eigenvalue weighted by Crippen LogP contribution is 2.37. The number of amides is 1. The van der Waals surface area contributed by atoms with E-state index in [1.54, 1.807) is 32.0 Å². The molecule has 2 aromatic rings. The minimum Gasteiger partial charge on any atom is -0.493 e. The number of hydrogen-bond acceptors (Lipinski definition) is 4. The minimum absolute atomic E-state index is 0.177. The van der Waals surface area contributed by atoms with Gasteiger partial charge in [0.15, 0.2) is 0 Å². The fourth-order valence-corrected chi connectivity index (χ4v) is 3.50. The zero-order valence-electron chi connectivity index (χ0n) is 15.6. The van der Waals surface area contributed by atoms with Gasteiger partial charge in [-0.15, -0.1) is 13.2 Å². The van der Waals surface area contributed by atoms with Gasteiger partial charge in [-0.1, -0.05) is 28.1 Å². The van der Waals surface area contributed by atoms with Crippen LogP contribution in [0.25, 0.3) is 0 Å². The second-order valence-corrected chi connectivity index (χ2v) is 7.92. The zero-order valence-corrected chi connectivity index (χ0v) is 17.2. The Labute approximate surface area is 173 Å². The lowest BCUT2D eigenvalue weighted by Crippen LogP contribution is -2.31. The van der Waals surface area contributed by atoms with Gasteiger partial charge in [0.05, 0.1) is 18.2 Å². The van der Waals surface area contributed by atoms with Crippen LogP contribution in [0, 0.1) is 0 Å². The van der Waals surface area contributed by atoms with Crippen LogP contribution in [0.5, 0.6) is 11.5 Å². The van der Waals surface area contributed by atoms with Crippen molar-refractivity contribution >= 4 is 21.8 Å². The maximum atomic E-state index is 12.7. The van der Waals surface area contributed by atoms with Crippen molar-refractivity contribution in [1.82, 2.24) is 5.32 Å². The van der Waals surface area contributed by atoms with Crippen LogP contribution in [0.3, 0.4) is 0 Å². The van der Waals surface area contributed by atoms with E-state index in [0.717, 1.165) is 0 Å². The van der Waals surface area contributed by atoms with E-state index in [9.17, 15) is 23.1 Å². The number of nitrogens with one attached hydrogen (secondary N) is 1. The molecule has 0 aliphatic carbocycles. The van der Waals surface area contributed by atoms with Gasteiger partial charge >= 0.3 is 6.36 Å². The number of halogens is 4. The van der Waals surface area contributed by atoms with Crippen LogP contribution in [-0.4, -0.2) is 24.0 Å². The van der Waals surface area contributed by atoms with E-state index in [1.807, 2.05) is 0 Å². The first-order chi connectivity index (χ1) is 13.5. The molecule has 0 fully saturated rings. The molecule has 1 heterocycles. The number of alkyl halides is 3. The number of carbonyl (C=O) groups excluding carboxylic acids is 1. The van der Waals surface area contributed by atoms with Gasteiger partial charge in [-0.3, -0.25) is 4.79 Å². The van der Waals surface area contributed by atoms with Crippen molar-refractivity contribution in [3.8, 4) is 11.5 Å². The van der Waals surface area contributed by atoms with Crippen LogP contribution in [0.4, 0.5) is 13.2 Å². The fraction of sp³-hybridized carbons (Fsp3) is 0.350. The first-order valence-electron chi connectivity index (χ1n) is 8.82. The summed E-state index contributed by atoms with van der Waals surface area (Å²) in [6.07, 6.45) is -4.42. The summed E-state index contributed by atoms with van der Waals surface area (Å²) in [5.74, 6) is -0.481. The summed E-state index contributed by atoms with van der Waals surface area (Å²) < 4.78 is 48.2. The van der Waals surface area contributed by atoms with Gasteiger partial charge in [-0.05, 0) is 38.1 Å². The Hall–Kier alpha value is -2.26. The first kappa shape index (κ1) is 21.4.